The number of nitrogens with one attached hydrogen (secondary N) is 2. The van der Waals surface area contributed by atoms with Crippen molar-refractivity contribution in [2.24, 2.45) is 0 Å². The van der Waals surface area contributed by atoms with E-state index in [1.807, 2.05) is 36.4 Å². The minimum atomic E-state index is -0.184. The van der Waals surface area contributed by atoms with Crippen LogP contribution in [0.1, 0.15) is 27.2 Å². The molecule has 0 saturated heterocycles. The number of rotatable bonds is 8. The quantitative estimate of drug-likeness (QED) is 0.409. The third-order valence-electron chi connectivity index (χ3n) is 5.43. The number of aryl methyl sites for hydroxylation is 2. The zero-order valence-corrected chi connectivity index (χ0v) is 18.4. The van der Waals surface area contributed by atoms with E-state index in [-0.39, 0.29) is 5.91 Å². The van der Waals surface area contributed by atoms with Gasteiger partial charge < -0.3 is 19.8 Å². The minimum Gasteiger partial charge on any atom is -0.490 e. The van der Waals surface area contributed by atoms with Crippen molar-refractivity contribution in [3.05, 3.63) is 77.4 Å². The Morgan fingerprint density at radius 1 is 1.12 bits per heavy atom. The smallest absolute Gasteiger partial charge is 0.254 e. The third kappa shape index (κ3) is 4.48. The van der Waals surface area contributed by atoms with Gasteiger partial charge in [-0.1, -0.05) is 18.2 Å². The molecule has 0 aliphatic carbocycles. The summed E-state index contributed by atoms with van der Waals surface area (Å²) in [4.78, 5) is 24.0. The number of para-hydroxylation sites is 1. The summed E-state index contributed by atoms with van der Waals surface area (Å²) in [6, 6.07) is 14.1. The van der Waals surface area contributed by atoms with Crippen molar-refractivity contribution in [3.8, 4) is 17.0 Å². The Kier molecular flexibility index (Phi) is 6.47. The van der Waals surface area contributed by atoms with E-state index in [4.69, 9.17) is 9.47 Å². The summed E-state index contributed by atoms with van der Waals surface area (Å²) < 4.78 is 11.0. The molecule has 1 amide bonds. The Morgan fingerprint density at radius 2 is 1.97 bits per heavy atom. The highest BCUT2D eigenvalue weighted by atomic mass is 16.5. The molecule has 0 atom stereocenters. The number of hydrogen-bond acceptors (Lipinski definition) is 5. The zero-order valence-electron chi connectivity index (χ0n) is 18.4. The van der Waals surface area contributed by atoms with Crippen molar-refractivity contribution in [2.75, 3.05) is 20.3 Å². The van der Waals surface area contributed by atoms with Gasteiger partial charge in [0.05, 0.1) is 23.6 Å². The van der Waals surface area contributed by atoms with Gasteiger partial charge in [-0.2, -0.15) is 0 Å². The molecule has 2 aromatic carbocycles. The van der Waals surface area contributed by atoms with Crippen LogP contribution in [0.4, 0.5) is 0 Å². The highest BCUT2D eigenvalue weighted by molar-refractivity contribution is 5.95. The number of methoxy groups -OCH3 is 1. The molecule has 0 aliphatic rings. The summed E-state index contributed by atoms with van der Waals surface area (Å²) in [6.07, 6.45) is 2.97. The predicted molar refractivity (Wildman–Crippen MR) is 124 cm³/mol. The number of aromatic amines is 1. The summed E-state index contributed by atoms with van der Waals surface area (Å²) in [5.41, 5.74) is 6.34. The lowest BCUT2D eigenvalue weighted by Crippen LogP contribution is -2.24. The molecule has 2 aromatic heterocycles. The third-order valence-corrected chi connectivity index (χ3v) is 5.43. The zero-order chi connectivity index (χ0) is 22.5. The van der Waals surface area contributed by atoms with Crippen LogP contribution in [0.5, 0.6) is 5.75 Å². The fourth-order valence-corrected chi connectivity index (χ4v) is 3.68. The van der Waals surface area contributed by atoms with E-state index in [0.29, 0.717) is 31.0 Å². The topological polar surface area (TPSA) is 89.1 Å². The maximum absolute atomic E-state index is 12.5. The van der Waals surface area contributed by atoms with Crippen LogP contribution >= 0.6 is 0 Å². The highest BCUT2D eigenvalue weighted by Gasteiger charge is 2.15. The average molecular weight is 431 g/mol. The van der Waals surface area contributed by atoms with Crippen molar-refractivity contribution in [1.82, 2.24) is 20.3 Å². The molecule has 7 heteroatoms. The molecular formula is C25H26N4O3. The monoisotopic (exact) mass is 430 g/mol. The van der Waals surface area contributed by atoms with Crippen LogP contribution < -0.4 is 10.1 Å². The first kappa shape index (κ1) is 21.5. The molecule has 0 unspecified atom stereocenters. The molecule has 164 valence electrons. The van der Waals surface area contributed by atoms with Gasteiger partial charge in [0, 0.05) is 36.3 Å². The van der Waals surface area contributed by atoms with Gasteiger partial charge in [-0.05, 0) is 49.2 Å². The first-order chi connectivity index (χ1) is 15.6. The Balaban J connectivity index is 1.57. The molecule has 4 rings (SSSR count). The van der Waals surface area contributed by atoms with Crippen LogP contribution in [0.15, 0.2) is 55.0 Å². The van der Waals surface area contributed by atoms with Crippen LogP contribution in [0.3, 0.4) is 0 Å². The van der Waals surface area contributed by atoms with Gasteiger partial charge in [0.2, 0.25) is 0 Å². The molecule has 0 saturated carbocycles. The van der Waals surface area contributed by atoms with E-state index in [1.165, 1.54) is 12.5 Å². The van der Waals surface area contributed by atoms with Crippen molar-refractivity contribution in [1.29, 1.82) is 0 Å². The molecule has 0 radical (unpaired) electrons. The summed E-state index contributed by atoms with van der Waals surface area (Å²) >= 11 is 0. The predicted octanol–water partition coefficient (Wildman–Crippen LogP) is 4.20. The summed E-state index contributed by atoms with van der Waals surface area (Å²) in [5, 5.41) is 4.06. The van der Waals surface area contributed by atoms with Crippen LogP contribution in [-0.4, -0.2) is 41.2 Å². The molecule has 0 fully saturated rings. The molecule has 2 N–H and O–H groups in total. The second-order valence-electron chi connectivity index (χ2n) is 7.55. The minimum absolute atomic E-state index is 0.184. The number of ether oxygens (including phenoxy) is 2. The second-order valence-corrected chi connectivity index (χ2v) is 7.55. The van der Waals surface area contributed by atoms with Crippen molar-refractivity contribution >= 4 is 16.8 Å². The number of H-pyrrole nitrogens is 1. The lowest BCUT2D eigenvalue weighted by Gasteiger charge is -2.11. The van der Waals surface area contributed by atoms with Crippen molar-refractivity contribution in [2.45, 2.75) is 20.4 Å². The van der Waals surface area contributed by atoms with Gasteiger partial charge in [0.15, 0.2) is 0 Å². The average Bonchev–Trinajstić information content (AvgIpc) is 3.14. The van der Waals surface area contributed by atoms with Gasteiger partial charge in [-0.25, -0.2) is 9.97 Å². The lowest BCUT2D eigenvalue weighted by molar-refractivity contribution is 0.0949. The molecule has 2 heterocycles. The number of nitrogens with zero attached hydrogens (tertiary/aromatic N) is 2. The van der Waals surface area contributed by atoms with E-state index in [9.17, 15) is 4.79 Å². The largest absolute Gasteiger partial charge is 0.490 e. The Labute approximate surface area is 186 Å². The molecule has 0 aliphatic heterocycles. The van der Waals surface area contributed by atoms with E-state index < -0.39 is 0 Å². The first-order valence-corrected chi connectivity index (χ1v) is 10.5. The van der Waals surface area contributed by atoms with Crippen molar-refractivity contribution < 1.29 is 14.3 Å². The van der Waals surface area contributed by atoms with Crippen LogP contribution in [0.25, 0.3) is 22.2 Å². The first-order valence-electron chi connectivity index (χ1n) is 10.5. The number of benzene rings is 2. The molecular weight excluding hydrogens is 404 g/mol. The maximum atomic E-state index is 12.5. The van der Waals surface area contributed by atoms with Crippen molar-refractivity contribution in [3.63, 3.8) is 0 Å². The Hall–Kier alpha value is -3.71. The number of aromatic nitrogens is 3. The summed E-state index contributed by atoms with van der Waals surface area (Å²) in [6.45, 7) is 5.32. The molecule has 32 heavy (non-hydrogen) atoms. The number of fused-ring (bicyclic) bond motifs is 1. The van der Waals surface area contributed by atoms with Gasteiger partial charge >= 0.3 is 0 Å². The summed E-state index contributed by atoms with van der Waals surface area (Å²) in [5.74, 6) is 0.629. The van der Waals surface area contributed by atoms with E-state index in [2.05, 4.69) is 33.3 Å². The number of carbonyl (C=O) groups excluding carboxylic acids is 1. The standard InChI is InChI=1S/C25H26N4O3/c1-16-20-12-18(13-27-25(30)21-14-26-15-28-17(21)2)8-9-22(20)29-24(16)19-6-4-5-7-23(19)32-11-10-31-3/h4-9,12,14-15,29H,10-11,13H2,1-3H3,(H,27,30). The normalized spacial score (nSPS) is 11.0. The SMILES string of the molecule is COCCOc1ccccc1-c1[nH]c2ccc(CNC(=O)c3cncnc3C)cc2c1C. The van der Waals surface area contributed by atoms with Gasteiger partial charge in [-0.15, -0.1) is 0 Å². The lowest BCUT2D eigenvalue weighted by atomic mass is 10.0. The fourth-order valence-electron chi connectivity index (χ4n) is 3.68. The number of carbonyl (C=O) groups is 1. The number of hydrogen-bond donors (Lipinski definition) is 2. The van der Waals surface area contributed by atoms with E-state index >= 15 is 0 Å². The second kappa shape index (κ2) is 9.62. The van der Waals surface area contributed by atoms with E-state index in [1.54, 1.807) is 14.0 Å². The molecule has 0 bridgehead atoms. The fraction of sp³-hybridized carbons (Fsp3) is 0.240. The van der Waals surface area contributed by atoms with E-state index in [0.717, 1.165) is 39.0 Å². The van der Waals surface area contributed by atoms with Crippen LogP contribution in [0, 0.1) is 13.8 Å². The Morgan fingerprint density at radius 3 is 2.78 bits per heavy atom. The Bertz CT molecular complexity index is 1250. The molecule has 7 nitrogen and oxygen atoms in total. The number of amides is 1. The summed E-state index contributed by atoms with van der Waals surface area (Å²) in [7, 11) is 1.66. The van der Waals surface area contributed by atoms with Gasteiger partial charge in [-0.3, -0.25) is 4.79 Å². The van der Waals surface area contributed by atoms with Gasteiger partial charge in [0.1, 0.15) is 18.7 Å². The van der Waals surface area contributed by atoms with Gasteiger partial charge in [0.25, 0.3) is 5.91 Å². The van der Waals surface area contributed by atoms with Crippen LogP contribution in [-0.2, 0) is 11.3 Å². The highest BCUT2D eigenvalue weighted by Crippen LogP contribution is 2.35. The maximum Gasteiger partial charge on any atom is 0.254 e. The molecule has 0 spiro atoms. The molecule has 4 aromatic rings. The van der Waals surface area contributed by atoms with Crippen LogP contribution in [0.2, 0.25) is 0 Å².